The van der Waals surface area contributed by atoms with Crippen molar-refractivity contribution in [2.75, 3.05) is 0 Å². The Balaban J connectivity index is 1.58. The van der Waals surface area contributed by atoms with E-state index in [-0.39, 0.29) is 29.1 Å². The summed E-state index contributed by atoms with van der Waals surface area (Å²) in [4.78, 5) is 14.0. The van der Waals surface area contributed by atoms with E-state index in [2.05, 4.69) is 10.2 Å². The molecule has 0 atom stereocenters. The van der Waals surface area contributed by atoms with Gasteiger partial charge >= 0.3 is 0 Å². The van der Waals surface area contributed by atoms with Crippen LogP contribution in [0.2, 0.25) is 0 Å². The van der Waals surface area contributed by atoms with Gasteiger partial charge in [-0.25, -0.2) is 0 Å². The van der Waals surface area contributed by atoms with Crippen LogP contribution in [0.4, 0.5) is 0 Å². The molecule has 1 fully saturated rings. The van der Waals surface area contributed by atoms with Crippen LogP contribution in [0, 0.1) is 0 Å². The average Bonchev–Trinajstić information content (AvgIpc) is 3.49. The SMILES string of the molecule is NC(=C(C(=O)C1(c2nnc(-c3cccc(O)c3)o2)CC1)c1ccccc1)c1ccc(O)cc1. The van der Waals surface area contributed by atoms with Gasteiger partial charge in [-0.3, -0.25) is 4.79 Å². The molecule has 0 amide bonds. The Labute approximate surface area is 189 Å². The molecule has 7 heteroatoms. The standard InChI is InChI=1S/C26H21N3O4/c27-22(17-9-11-19(30)12-10-17)21(16-5-2-1-3-6-16)23(32)26(13-14-26)25-29-28-24(33-25)18-7-4-8-20(31)15-18/h1-12,15,30-31H,13-14,27H2. The summed E-state index contributed by atoms with van der Waals surface area (Å²) in [7, 11) is 0. The van der Waals surface area contributed by atoms with Crippen LogP contribution in [-0.2, 0) is 10.2 Å². The fraction of sp³-hybridized carbons (Fsp3) is 0.115. The third-order valence-corrected chi connectivity index (χ3v) is 5.85. The van der Waals surface area contributed by atoms with Crippen molar-refractivity contribution >= 4 is 17.1 Å². The summed E-state index contributed by atoms with van der Waals surface area (Å²) in [6.45, 7) is 0. The van der Waals surface area contributed by atoms with Gasteiger partial charge in [0.1, 0.15) is 16.9 Å². The molecule has 5 rings (SSSR count). The number of aromatic hydroxyl groups is 2. The van der Waals surface area contributed by atoms with Crippen molar-refractivity contribution in [2.24, 2.45) is 5.73 Å². The number of benzene rings is 3. The minimum atomic E-state index is -0.950. The van der Waals surface area contributed by atoms with Gasteiger partial charge in [0.2, 0.25) is 11.8 Å². The Morgan fingerprint density at radius 3 is 2.24 bits per heavy atom. The maximum atomic E-state index is 14.0. The first-order chi connectivity index (χ1) is 16.0. The quantitative estimate of drug-likeness (QED) is 0.303. The molecule has 0 aliphatic heterocycles. The van der Waals surface area contributed by atoms with Crippen molar-refractivity contribution in [2.45, 2.75) is 18.3 Å². The highest BCUT2D eigenvalue weighted by Crippen LogP contribution is 2.52. The van der Waals surface area contributed by atoms with Crippen LogP contribution in [0.15, 0.2) is 83.3 Å². The van der Waals surface area contributed by atoms with Crippen LogP contribution >= 0.6 is 0 Å². The third kappa shape index (κ3) is 3.74. The minimum Gasteiger partial charge on any atom is -0.508 e. The van der Waals surface area contributed by atoms with Gasteiger partial charge in [-0.1, -0.05) is 36.4 Å². The molecule has 1 aliphatic carbocycles. The number of allylic oxidation sites excluding steroid dienone is 1. The molecule has 1 heterocycles. The van der Waals surface area contributed by atoms with E-state index in [0.717, 1.165) is 0 Å². The molecule has 1 saturated carbocycles. The van der Waals surface area contributed by atoms with E-state index in [0.29, 0.717) is 40.8 Å². The van der Waals surface area contributed by atoms with E-state index >= 15 is 0 Å². The topological polar surface area (TPSA) is 122 Å². The maximum absolute atomic E-state index is 14.0. The first-order valence-corrected chi connectivity index (χ1v) is 10.5. The summed E-state index contributed by atoms with van der Waals surface area (Å²) in [5, 5.41) is 27.7. The predicted octanol–water partition coefficient (Wildman–Crippen LogP) is 4.28. The smallest absolute Gasteiger partial charge is 0.247 e. The first-order valence-electron chi connectivity index (χ1n) is 10.5. The molecule has 0 saturated heterocycles. The van der Waals surface area contributed by atoms with E-state index in [1.54, 1.807) is 30.3 Å². The Morgan fingerprint density at radius 1 is 0.848 bits per heavy atom. The number of hydrogen-bond acceptors (Lipinski definition) is 7. The van der Waals surface area contributed by atoms with Crippen LogP contribution in [0.1, 0.15) is 29.9 Å². The summed E-state index contributed by atoms with van der Waals surface area (Å²) < 4.78 is 5.91. The maximum Gasteiger partial charge on any atom is 0.247 e. The fourth-order valence-corrected chi connectivity index (χ4v) is 3.87. The first kappa shape index (κ1) is 20.5. The Morgan fingerprint density at radius 2 is 1.58 bits per heavy atom. The van der Waals surface area contributed by atoms with Crippen molar-refractivity contribution in [3.05, 3.63) is 95.9 Å². The lowest BCUT2D eigenvalue weighted by Crippen LogP contribution is -2.24. The van der Waals surface area contributed by atoms with E-state index in [1.807, 2.05) is 30.3 Å². The number of rotatable bonds is 6. The Bertz CT molecular complexity index is 1350. The lowest BCUT2D eigenvalue weighted by atomic mass is 9.87. The average molecular weight is 439 g/mol. The normalized spacial score (nSPS) is 15.0. The molecule has 4 N–H and O–H groups in total. The van der Waals surface area contributed by atoms with E-state index < -0.39 is 5.41 Å². The Kier molecular flexibility index (Phi) is 4.94. The van der Waals surface area contributed by atoms with Crippen molar-refractivity contribution in [1.82, 2.24) is 10.2 Å². The molecule has 0 bridgehead atoms. The molecule has 0 radical (unpaired) electrons. The number of Topliss-reactive ketones (excluding diaryl/α,β-unsaturated/α-hetero) is 1. The van der Waals surface area contributed by atoms with Gasteiger partial charge in [0, 0.05) is 11.1 Å². The lowest BCUT2D eigenvalue weighted by Gasteiger charge is -2.16. The lowest BCUT2D eigenvalue weighted by molar-refractivity contribution is -0.116. The summed E-state index contributed by atoms with van der Waals surface area (Å²) in [6.07, 6.45) is 1.12. The number of nitrogens with two attached hydrogens (primary N) is 1. The Hall–Kier alpha value is -4.39. The van der Waals surface area contributed by atoms with Gasteiger partial charge < -0.3 is 20.4 Å². The number of phenolic OH excluding ortho intramolecular Hbond substituents is 2. The zero-order chi connectivity index (χ0) is 23.0. The van der Waals surface area contributed by atoms with E-state index in [1.165, 1.54) is 18.2 Å². The molecule has 3 aromatic carbocycles. The second-order valence-electron chi connectivity index (χ2n) is 8.08. The molecule has 1 aliphatic rings. The van der Waals surface area contributed by atoms with Gasteiger partial charge in [0.15, 0.2) is 5.78 Å². The largest absolute Gasteiger partial charge is 0.508 e. The van der Waals surface area contributed by atoms with E-state index in [4.69, 9.17) is 10.2 Å². The highest BCUT2D eigenvalue weighted by molar-refractivity contribution is 6.31. The van der Waals surface area contributed by atoms with Crippen LogP contribution < -0.4 is 5.73 Å². The zero-order valence-corrected chi connectivity index (χ0v) is 17.6. The van der Waals surface area contributed by atoms with Crippen molar-refractivity contribution in [3.8, 4) is 23.0 Å². The molecule has 164 valence electrons. The predicted molar refractivity (Wildman–Crippen MR) is 123 cm³/mol. The summed E-state index contributed by atoms with van der Waals surface area (Å²) >= 11 is 0. The van der Waals surface area contributed by atoms with Crippen LogP contribution in [0.3, 0.4) is 0 Å². The number of phenols is 2. The highest BCUT2D eigenvalue weighted by Gasteiger charge is 2.57. The highest BCUT2D eigenvalue weighted by atomic mass is 16.4. The third-order valence-electron chi connectivity index (χ3n) is 5.85. The number of aromatic nitrogens is 2. The molecule has 4 aromatic rings. The summed E-state index contributed by atoms with van der Waals surface area (Å²) in [6, 6.07) is 22.1. The summed E-state index contributed by atoms with van der Waals surface area (Å²) in [5.41, 5.74) is 8.14. The number of carbonyl (C=O) groups excluding carboxylic acids is 1. The summed E-state index contributed by atoms with van der Waals surface area (Å²) in [5.74, 6) is 0.475. The van der Waals surface area contributed by atoms with Crippen molar-refractivity contribution in [3.63, 3.8) is 0 Å². The minimum absolute atomic E-state index is 0.0837. The number of ketones is 1. The molecule has 0 unspecified atom stereocenters. The second-order valence-corrected chi connectivity index (χ2v) is 8.08. The number of hydrogen-bond donors (Lipinski definition) is 3. The molecular weight excluding hydrogens is 418 g/mol. The van der Waals surface area contributed by atoms with Gasteiger partial charge in [-0.05, 0) is 66.4 Å². The van der Waals surface area contributed by atoms with Crippen LogP contribution in [0.25, 0.3) is 22.7 Å². The monoisotopic (exact) mass is 439 g/mol. The van der Waals surface area contributed by atoms with Gasteiger partial charge in [0.25, 0.3) is 0 Å². The van der Waals surface area contributed by atoms with Crippen LogP contribution in [0.5, 0.6) is 11.5 Å². The number of nitrogens with zero attached hydrogens (tertiary/aromatic N) is 2. The van der Waals surface area contributed by atoms with Gasteiger partial charge in [-0.2, -0.15) is 0 Å². The molecule has 1 aromatic heterocycles. The fourth-order valence-electron chi connectivity index (χ4n) is 3.87. The van der Waals surface area contributed by atoms with Gasteiger partial charge in [0.05, 0.1) is 5.70 Å². The molecule has 33 heavy (non-hydrogen) atoms. The molecule has 0 spiro atoms. The zero-order valence-electron chi connectivity index (χ0n) is 17.6. The van der Waals surface area contributed by atoms with Crippen LogP contribution in [-0.4, -0.2) is 26.2 Å². The van der Waals surface area contributed by atoms with Crippen molar-refractivity contribution in [1.29, 1.82) is 0 Å². The molecule has 7 nitrogen and oxygen atoms in total. The second kappa shape index (κ2) is 7.94. The molecular formula is C26H21N3O4. The number of carbonyl (C=O) groups is 1. The van der Waals surface area contributed by atoms with Crippen molar-refractivity contribution < 1.29 is 19.4 Å². The van der Waals surface area contributed by atoms with E-state index in [9.17, 15) is 15.0 Å². The van der Waals surface area contributed by atoms with Gasteiger partial charge in [-0.15, -0.1) is 10.2 Å².